The van der Waals surface area contributed by atoms with Gasteiger partial charge in [0, 0.05) is 5.39 Å². The molecule has 1 aliphatic rings. The first kappa shape index (κ1) is 18.5. The molecule has 2 aromatic rings. The molecule has 0 radical (unpaired) electrons. The summed E-state index contributed by atoms with van der Waals surface area (Å²) in [4.78, 5) is 12.3. The van der Waals surface area contributed by atoms with Gasteiger partial charge < -0.3 is 4.74 Å². The lowest BCUT2D eigenvalue weighted by Crippen LogP contribution is -2.24. The van der Waals surface area contributed by atoms with E-state index in [9.17, 15) is 18.0 Å². The molecule has 0 atom stereocenters. The molecule has 0 N–H and O–H groups in total. The van der Waals surface area contributed by atoms with E-state index >= 15 is 0 Å². The van der Waals surface area contributed by atoms with Crippen LogP contribution in [-0.4, -0.2) is 12.1 Å². The van der Waals surface area contributed by atoms with E-state index in [2.05, 4.69) is 6.58 Å². The fourth-order valence-corrected chi connectivity index (χ4v) is 3.54. The number of hydrogen-bond acceptors (Lipinski definition) is 2. The standard InChI is InChI=1S/C21H21F3O2/c1-2-3-4-13-5-8-16(9-6-13)26-21(25)14-7-10-17-15(11-14)12-18(22)20(24)19(17)23/h2,7,10-13,16H,1,3-6,8-9H2. The molecule has 2 nitrogen and oxygen atoms in total. The van der Waals surface area contributed by atoms with E-state index in [0.29, 0.717) is 5.92 Å². The summed E-state index contributed by atoms with van der Waals surface area (Å²) in [6.07, 6.45) is 7.55. The van der Waals surface area contributed by atoms with Crippen molar-refractivity contribution in [1.82, 2.24) is 0 Å². The average Bonchev–Trinajstić information content (AvgIpc) is 2.65. The highest BCUT2D eigenvalue weighted by Crippen LogP contribution is 2.30. The van der Waals surface area contributed by atoms with Crippen molar-refractivity contribution in [2.75, 3.05) is 0 Å². The summed E-state index contributed by atoms with van der Waals surface area (Å²) >= 11 is 0. The predicted octanol–water partition coefficient (Wildman–Crippen LogP) is 5.94. The van der Waals surface area contributed by atoms with Crippen LogP contribution in [0.25, 0.3) is 10.8 Å². The van der Waals surface area contributed by atoms with E-state index in [1.54, 1.807) is 0 Å². The number of fused-ring (bicyclic) bond motifs is 1. The van der Waals surface area contributed by atoms with Gasteiger partial charge in [0.2, 0.25) is 0 Å². The van der Waals surface area contributed by atoms with Crippen LogP contribution < -0.4 is 0 Å². The van der Waals surface area contributed by atoms with Crippen LogP contribution in [0.1, 0.15) is 48.9 Å². The molecule has 0 spiro atoms. The van der Waals surface area contributed by atoms with Crippen LogP contribution in [0.15, 0.2) is 36.9 Å². The van der Waals surface area contributed by atoms with Crippen molar-refractivity contribution in [2.24, 2.45) is 5.92 Å². The number of esters is 1. The zero-order chi connectivity index (χ0) is 18.7. The monoisotopic (exact) mass is 362 g/mol. The number of halogens is 3. The lowest BCUT2D eigenvalue weighted by molar-refractivity contribution is 0.0162. The third kappa shape index (κ3) is 3.92. The Morgan fingerprint density at radius 1 is 1.12 bits per heavy atom. The average molecular weight is 362 g/mol. The van der Waals surface area contributed by atoms with Crippen LogP contribution >= 0.6 is 0 Å². The van der Waals surface area contributed by atoms with Gasteiger partial charge in [0.05, 0.1) is 5.56 Å². The number of benzene rings is 2. The first-order chi connectivity index (χ1) is 12.5. The molecule has 138 valence electrons. The topological polar surface area (TPSA) is 26.3 Å². The molecular weight excluding hydrogens is 341 g/mol. The number of carbonyl (C=O) groups is 1. The van der Waals surface area contributed by atoms with E-state index in [0.717, 1.165) is 44.6 Å². The summed E-state index contributed by atoms with van der Waals surface area (Å²) in [6, 6.07) is 4.87. The van der Waals surface area contributed by atoms with Crippen molar-refractivity contribution < 1.29 is 22.7 Å². The van der Waals surface area contributed by atoms with Gasteiger partial charge in [-0.1, -0.05) is 12.1 Å². The quantitative estimate of drug-likeness (QED) is 0.374. The number of carbonyl (C=O) groups excluding carboxylic acids is 1. The van der Waals surface area contributed by atoms with Crippen LogP contribution in [0.3, 0.4) is 0 Å². The zero-order valence-electron chi connectivity index (χ0n) is 14.4. The second-order valence-electron chi connectivity index (χ2n) is 6.84. The van der Waals surface area contributed by atoms with E-state index < -0.39 is 23.4 Å². The van der Waals surface area contributed by atoms with Crippen LogP contribution in [0, 0.1) is 23.4 Å². The SMILES string of the molecule is C=CCCC1CCC(OC(=O)c2ccc3c(F)c(F)c(F)cc3c2)CC1. The van der Waals surface area contributed by atoms with Crippen molar-refractivity contribution in [1.29, 1.82) is 0 Å². The highest BCUT2D eigenvalue weighted by molar-refractivity contribution is 5.95. The van der Waals surface area contributed by atoms with Crippen molar-refractivity contribution in [3.63, 3.8) is 0 Å². The largest absolute Gasteiger partial charge is 0.459 e. The first-order valence-electron chi connectivity index (χ1n) is 8.88. The van der Waals surface area contributed by atoms with Crippen molar-refractivity contribution in [3.8, 4) is 0 Å². The smallest absolute Gasteiger partial charge is 0.338 e. The predicted molar refractivity (Wildman–Crippen MR) is 94.4 cm³/mol. The van der Waals surface area contributed by atoms with E-state index in [1.165, 1.54) is 18.2 Å². The maximum atomic E-state index is 13.8. The molecule has 0 saturated heterocycles. The van der Waals surface area contributed by atoms with E-state index in [1.807, 2.05) is 6.08 Å². The number of allylic oxidation sites excluding steroid dienone is 1. The first-order valence-corrected chi connectivity index (χ1v) is 8.88. The third-order valence-electron chi connectivity index (χ3n) is 5.05. The number of ether oxygens (including phenoxy) is 1. The van der Waals surface area contributed by atoms with Crippen molar-refractivity contribution in [3.05, 3.63) is 59.9 Å². The molecule has 1 aliphatic carbocycles. The molecule has 1 saturated carbocycles. The Kier molecular flexibility index (Phi) is 5.64. The molecule has 0 unspecified atom stereocenters. The Balaban J connectivity index is 1.67. The maximum Gasteiger partial charge on any atom is 0.338 e. The minimum atomic E-state index is -1.51. The van der Waals surface area contributed by atoms with Crippen molar-refractivity contribution in [2.45, 2.75) is 44.6 Å². The minimum absolute atomic E-state index is 0.0665. The highest BCUT2D eigenvalue weighted by Gasteiger charge is 2.24. The molecule has 0 aromatic heterocycles. The summed E-state index contributed by atoms with van der Waals surface area (Å²) < 4.78 is 46.0. The fraction of sp³-hybridized carbons (Fsp3) is 0.381. The van der Waals surface area contributed by atoms with Crippen molar-refractivity contribution >= 4 is 16.7 Å². The molecule has 0 aliphatic heterocycles. The second kappa shape index (κ2) is 7.94. The normalized spacial score (nSPS) is 20.1. The third-order valence-corrected chi connectivity index (χ3v) is 5.05. The summed E-state index contributed by atoms with van der Waals surface area (Å²) in [7, 11) is 0. The summed E-state index contributed by atoms with van der Waals surface area (Å²) in [6.45, 7) is 3.73. The number of rotatable bonds is 5. The maximum absolute atomic E-state index is 13.8. The Morgan fingerprint density at radius 2 is 1.85 bits per heavy atom. The van der Waals surface area contributed by atoms with Crippen LogP contribution in [-0.2, 0) is 4.74 Å². The molecule has 5 heteroatoms. The Morgan fingerprint density at radius 3 is 2.54 bits per heavy atom. The highest BCUT2D eigenvalue weighted by atomic mass is 19.2. The summed E-state index contributed by atoms with van der Waals surface area (Å²) in [5, 5.41) is 0.0622. The molecule has 0 heterocycles. The zero-order valence-corrected chi connectivity index (χ0v) is 14.4. The van der Waals surface area contributed by atoms with E-state index in [4.69, 9.17) is 4.74 Å². The lowest BCUT2D eigenvalue weighted by Gasteiger charge is -2.28. The van der Waals surface area contributed by atoms with Gasteiger partial charge in [0.25, 0.3) is 0 Å². The molecule has 26 heavy (non-hydrogen) atoms. The Labute approximate surface area is 150 Å². The lowest BCUT2D eigenvalue weighted by atomic mass is 9.84. The van der Waals surface area contributed by atoms with Crippen LogP contribution in [0.2, 0.25) is 0 Å². The molecule has 0 amide bonds. The Hall–Kier alpha value is -2.30. The van der Waals surface area contributed by atoms with Gasteiger partial charge in [-0.3, -0.25) is 0 Å². The molecule has 1 fully saturated rings. The van der Waals surface area contributed by atoms with Gasteiger partial charge in [0.15, 0.2) is 17.5 Å². The van der Waals surface area contributed by atoms with Gasteiger partial charge in [-0.05, 0) is 68.0 Å². The van der Waals surface area contributed by atoms with Gasteiger partial charge >= 0.3 is 5.97 Å². The Bertz CT molecular complexity index is 824. The molecule has 2 aromatic carbocycles. The fourth-order valence-electron chi connectivity index (χ4n) is 3.54. The van der Waals surface area contributed by atoms with Gasteiger partial charge in [-0.2, -0.15) is 0 Å². The number of hydrogen-bond donors (Lipinski definition) is 0. The van der Waals surface area contributed by atoms with Gasteiger partial charge in [-0.15, -0.1) is 6.58 Å². The molecular formula is C21H21F3O2. The van der Waals surface area contributed by atoms with Crippen LogP contribution in [0.4, 0.5) is 13.2 Å². The minimum Gasteiger partial charge on any atom is -0.459 e. The van der Waals surface area contributed by atoms with Gasteiger partial charge in [-0.25, -0.2) is 18.0 Å². The van der Waals surface area contributed by atoms with Crippen LogP contribution in [0.5, 0.6) is 0 Å². The molecule has 3 rings (SSSR count). The molecule has 0 bridgehead atoms. The van der Waals surface area contributed by atoms with E-state index in [-0.39, 0.29) is 22.4 Å². The summed E-state index contributed by atoms with van der Waals surface area (Å²) in [5.74, 6) is -3.92. The van der Waals surface area contributed by atoms with Gasteiger partial charge in [0.1, 0.15) is 6.10 Å². The second-order valence-corrected chi connectivity index (χ2v) is 6.84. The summed E-state index contributed by atoms with van der Waals surface area (Å²) in [5.41, 5.74) is 0.205.